The van der Waals surface area contributed by atoms with Gasteiger partial charge in [0, 0.05) is 157 Å². The number of aromatic amines is 2. The van der Waals surface area contributed by atoms with Crippen LogP contribution in [0.4, 0.5) is 0 Å². The van der Waals surface area contributed by atoms with Gasteiger partial charge < -0.3 is 89.3 Å². The van der Waals surface area contributed by atoms with Crippen LogP contribution in [0.2, 0.25) is 0 Å². The second kappa shape index (κ2) is 31.2. The molecule has 6 aromatic carbocycles. The van der Waals surface area contributed by atoms with Crippen LogP contribution in [-0.4, -0.2) is 207 Å². The van der Waals surface area contributed by atoms with Crippen molar-refractivity contribution >= 4 is 69.2 Å². The molecule has 4 fully saturated rings. The van der Waals surface area contributed by atoms with Gasteiger partial charge in [-0.25, -0.2) is 9.59 Å². The van der Waals surface area contributed by atoms with E-state index in [1.54, 1.807) is 14.2 Å². The first kappa shape index (κ1) is 83.1. The zero-order valence-electron chi connectivity index (χ0n) is 66.1. The number of esters is 4. The molecule has 2 spiro atoms. The van der Waals surface area contributed by atoms with Crippen molar-refractivity contribution in [1.29, 1.82) is 5.26 Å². The molecule has 14 aliphatic rings. The molecule has 8 aromatic rings. The number of nitrogens with one attached hydrogen (secondary N) is 4. The van der Waals surface area contributed by atoms with Gasteiger partial charge >= 0.3 is 23.9 Å². The zero-order valence-corrected chi connectivity index (χ0v) is 69.2. The number of thioether (sulfide) groups is 2. The minimum absolute atomic E-state index is 0. The Morgan fingerprint density at radius 2 is 1.03 bits per heavy atom. The summed E-state index contributed by atoms with van der Waals surface area (Å²) in [6, 6.07) is 17.5. The number of H-pyrrole nitrogens is 2. The van der Waals surface area contributed by atoms with E-state index < -0.39 is 99.1 Å². The molecular formula is C84H94AgN12O20S2. The number of carbonyl (C=O) groups excluding carboxylic acids is 4. The van der Waals surface area contributed by atoms with E-state index in [-0.39, 0.29) is 104 Å². The van der Waals surface area contributed by atoms with Crippen LogP contribution in [0.15, 0.2) is 60.7 Å². The molecule has 0 amide bonds. The van der Waals surface area contributed by atoms with Gasteiger partial charge in [-0.2, -0.15) is 5.26 Å². The molecule has 0 aliphatic carbocycles. The van der Waals surface area contributed by atoms with Gasteiger partial charge in [0.25, 0.3) is 5.09 Å². The van der Waals surface area contributed by atoms with E-state index >= 15 is 4.79 Å². The number of aryl methyl sites for hydroxylation is 2. The summed E-state index contributed by atoms with van der Waals surface area (Å²) in [4.78, 5) is 80.2. The molecule has 32 nitrogen and oxygen atoms in total. The van der Waals surface area contributed by atoms with Gasteiger partial charge in [-0.3, -0.25) is 39.8 Å². The molecule has 119 heavy (non-hydrogen) atoms. The molecule has 22 rings (SSSR count). The number of phenols is 2. The fraction of sp³-hybridized carbons (Fsp3) is 0.464. The average molecular weight is 1760 g/mol. The van der Waals surface area contributed by atoms with Crippen LogP contribution in [0.3, 0.4) is 0 Å². The number of nitrogens with zero attached hydrogens (tertiary/aromatic N) is 6. The second-order valence-electron chi connectivity index (χ2n) is 32.2. The van der Waals surface area contributed by atoms with Gasteiger partial charge in [-0.1, -0.05) is 56.0 Å². The van der Waals surface area contributed by atoms with E-state index in [4.69, 9.17) is 74.2 Å². The van der Waals surface area contributed by atoms with E-state index in [1.807, 2.05) is 89.2 Å². The molecule has 633 valence electrons. The van der Waals surface area contributed by atoms with E-state index in [0.717, 1.165) is 72.1 Å². The van der Waals surface area contributed by atoms with Crippen molar-refractivity contribution in [2.45, 2.75) is 169 Å². The summed E-state index contributed by atoms with van der Waals surface area (Å²) >= 11 is 3.04. The number of ether oxygens (including phenoxy) is 10. The maximum absolute atomic E-state index is 15.0. The number of hydrogen-bond donors (Lipinski definition) is 10. The van der Waals surface area contributed by atoms with E-state index in [1.165, 1.54) is 37.4 Å². The number of carbonyl (C=O) groups is 4. The number of piperazine rings is 2. The Morgan fingerprint density at radius 1 is 0.630 bits per heavy atom. The Kier molecular flexibility index (Phi) is 21.8. The van der Waals surface area contributed by atoms with Crippen molar-refractivity contribution in [3.05, 3.63) is 160 Å². The van der Waals surface area contributed by atoms with Crippen molar-refractivity contribution in [3.63, 3.8) is 0 Å². The van der Waals surface area contributed by atoms with Gasteiger partial charge in [-0.05, 0) is 113 Å². The molecule has 8 bridgehead atoms. The number of aliphatic hydroxyl groups excluding tert-OH is 1. The number of nitrogens with two attached hydrogens (primary N) is 2. The molecule has 16 atom stereocenters. The summed E-state index contributed by atoms with van der Waals surface area (Å²) in [5, 5.41) is 69.9. The van der Waals surface area contributed by atoms with Crippen molar-refractivity contribution in [1.82, 2.24) is 40.2 Å². The number of likely N-dealkylation sites (N-methyl/N-ethyl adjacent to an activating group) is 2. The monoisotopic (exact) mass is 1760 g/mol. The predicted molar refractivity (Wildman–Crippen MR) is 431 cm³/mol. The van der Waals surface area contributed by atoms with Crippen molar-refractivity contribution in [2.24, 2.45) is 11.5 Å². The summed E-state index contributed by atoms with van der Waals surface area (Å²) < 4.78 is 61.6. The number of methoxy groups -OCH3 is 2. The van der Waals surface area contributed by atoms with Crippen LogP contribution in [0.5, 0.6) is 57.5 Å². The number of fused-ring (bicyclic) bond motifs is 22. The van der Waals surface area contributed by atoms with Gasteiger partial charge in [0.05, 0.1) is 72.4 Å². The number of aromatic hydroxyl groups is 2. The number of phenolic OH excluding ortho intramolecular Hbond substituents is 2. The molecule has 4 saturated heterocycles. The maximum atomic E-state index is 15.0. The van der Waals surface area contributed by atoms with Crippen LogP contribution in [0.1, 0.15) is 145 Å². The molecule has 16 heterocycles. The minimum Gasteiger partial charge on any atom is -0.504 e. The van der Waals surface area contributed by atoms with Gasteiger partial charge in [-0.15, -0.1) is 33.6 Å². The number of para-hydroxylation sites is 2. The Morgan fingerprint density at radius 3 is 1.45 bits per heavy atom. The summed E-state index contributed by atoms with van der Waals surface area (Å²) in [6.45, 7) is 10.4. The Balaban J connectivity index is 0.000000167. The van der Waals surface area contributed by atoms with Gasteiger partial charge in [0.1, 0.15) is 37.0 Å². The first-order chi connectivity index (χ1) is 56.2. The third kappa shape index (κ3) is 12.4. The normalized spacial score (nSPS) is 28.8. The number of aromatic nitrogens is 2. The van der Waals surface area contributed by atoms with Gasteiger partial charge in [0.2, 0.25) is 13.6 Å². The first-order valence-corrected chi connectivity index (χ1v) is 41.0. The third-order valence-corrected chi connectivity index (χ3v) is 29.1. The largest absolute Gasteiger partial charge is 0.504 e. The number of rotatable bonds is 6. The predicted octanol–water partition coefficient (Wildman–Crippen LogP) is 7.87. The minimum atomic E-state index is -1.50. The smallest absolute Gasteiger partial charge is 0.333 e. The summed E-state index contributed by atoms with van der Waals surface area (Å²) in [5.41, 5.74) is 24.3. The molecular weight excluding hydrogens is 1670 g/mol. The Bertz CT molecular complexity index is 5580. The quantitative estimate of drug-likeness (QED) is 0.0249. The summed E-state index contributed by atoms with van der Waals surface area (Å²) in [6.07, 6.45) is 1.18. The molecule has 12 N–H and O–H groups in total. The van der Waals surface area contributed by atoms with Crippen molar-refractivity contribution in [2.75, 3.05) is 79.7 Å². The van der Waals surface area contributed by atoms with Gasteiger partial charge in [0.15, 0.2) is 57.1 Å². The van der Waals surface area contributed by atoms with Crippen LogP contribution < -0.4 is 60.0 Å². The molecule has 0 saturated carbocycles. The van der Waals surface area contributed by atoms with E-state index in [2.05, 4.69) is 59.6 Å². The molecule has 0 unspecified atom stereocenters. The van der Waals surface area contributed by atoms with E-state index in [9.17, 15) is 35.0 Å². The third-order valence-electron chi connectivity index (χ3n) is 26.2. The molecule has 14 aliphatic heterocycles. The van der Waals surface area contributed by atoms with Crippen LogP contribution >= 0.6 is 23.5 Å². The van der Waals surface area contributed by atoms with Crippen LogP contribution in [0.25, 0.3) is 21.8 Å². The first-order valence-electron chi connectivity index (χ1n) is 38.9. The van der Waals surface area contributed by atoms with Crippen molar-refractivity contribution < 1.29 is 115 Å². The number of benzene rings is 6. The average Bonchev–Trinajstić information content (AvgIpc) is 1.31. The summed E-state index contributed by atoms with van der Waals surface area (Å²) in [7, 11) is 7.09. The standard InChI is InChI=1S/C42H44N6O8S.C41H45N5O9S.CH4.Ag.HNO3/c1-18-10-21-11-26-27(14-44)48-28-15-53-41(51)42(40-24(12-22(13-43)46-42)23-8-6-7-9-25(23)45-40)16-57-39(33(48)32(47(26)4)29(21)34(50)35(18)52-5)31-30(28)38-37(54-17-55-38)19(2)36(31)56-20(3)49;1-17-10-20-11-25-39(49)46-26-14-52-40(50)41(38-23(12-21(13-42)44-41)22-8-6-7-9-24(22)43-38)15-56-37(31(46)30(45(25)4)27(20)32(48)33(17)51-5)29-28(26)36-35(53-16-54-36)18(2)34(29)55-19(3)47;;;2-1(3)4/h6-10,22,26-28,32-33,39,45-46,50H,11-13,15-17,43H2,1-5H3;6-10,21,25-26,30-31,37,39,43-44,48-49H,11-16,42H2,1-5H3;1H4;;(H,2,3,4)/t22-,26+,27+,28+,32-,33-,39-,42-;21-,25+,26+,30-,31-,37-,39+,41-;;;/m11.../s1. The number of nitriles is 1. The maximum Gasteiger partial charge on any atom is 0.333 e. The number of aliphatic hydroxyl groups is 1. The number of hydrogen-bond acceptors (Lipinski definition) is 30. The summed E-state index contributed by atoms with van der Waals surface area (Å²) in [5.74, 6) is 1.89. The molecule has 35 heteroatoms. The van der Waals surface area contributed by atoms with E-state index in [0.29, 0.717) is 124 Å². The van der Waals surface area contributed by atoms with Crippen LogP contribution in [-0.2, 0) is 87.8 Å². The Hall–Kier alpha value is -9.55. The second-order valence-corrected chi connectivity index (χ2v) is 34.4. The molecule has 2 aromatic heterocycles. The topological polar surface area (TPSA) is 429 Å². The zero-order chi connectivity index (χ0) is 82.2. The van der Waals surface area contributed by atoms with Crippen molar-refractivity contribution in [3.8, 4) is 63.6 Å². The molecule has 1 radical (unpaired) electrons. The fourth-order valence-corrected chi connectivity index (χ4v) is 24.9. The Labute approximate surface area is 708 Å². The SMILES string of the molecule is C.COc1c(C)cc2c(c1O)[C@@H]1[C@@H]3[C@@H]4SC[C@]5(N[C@@H](CN)Cc6c5[nH]c5ccccc65)C(=O)OC[C@@H](c5c6c(c(C)c(OC(C)=O)c54)OCO6)N3[C@@H](C#N)[C@H](C2)N1C.COc1c(C)cc2c(c1O)[C@@H]1[C@@H]3[C@@H]4SC[C@]5(N[C@@H](CN)Cc6c5[nH]c5ccccc65)C(=O)OC[C@@H](c5c6c(c(C)c(OC(C)=O)c54)OCO6)N3[C@@H](O)[C@H](C2)N1C.O=[N+]([O-])O.[Ag]. The fourth-order valence-electron chi connectivity index (χ4n) is 21.6. The van der Waals surface area contributed by atoms with Crippen LogP contribution in [0, 0.1) is 49.1 Å².